The fourth-order valence-electron chi connectivity index (χ4n) is 2.62. The molecule has 0 aliphatic carbocycles. The van der Waals surface area contributed by atoms with Gasteiger partial charge in [0.25, 0.3) is 0 Å². The minimum absolute atomic E-state index is 0.0187. The van der Waals surface area contributed by atoms with Gasteiger partial charge in [-0.3, -0.25) is 4.79 Å². The standard InChI is InChI=1S/C16H12F3NO5S2/c1-25-14(22)12-6-11-15(26-12)27(23,24)8-13(21)20(11)7-9-3-2-4-10(5-9)16(17,18)19/h2-6H,7-8H2,1H3. The summed E-state index contributed by atoms with van der Waals surface area (Å²) in [6.07, 6.45) is -4.54. The van der Waals surface area contributed by atoms with E-state index in [0.717, 1.165) is 24.1 Å². The molecule has 1 aliphatic heterocycles. The van der Waals surface area contributed by atoms with Gasteiger partial charge in [0.05, 0.1) is 24.9 Å². The molecule has 3 rings (SSSR count). The molecule has 1 aromatic heterocycles. The van der Waals surface area contributed by atoms with Crippen LogP contribution in [0.5, 0.6) is 0 Å². The molecule has 0 saturated carbocycles. The molecule has 144 valence electrons. The van der Waals surface area contributed by atoms with E-state index < -0.39 is 39.2 Å². The summed E-state index contributed by atoms with van der Waals surface area (Å²) in [6.45, 7) is -0.261. The van der Waals surface area contributed by atoms with Gasteiger partial charge in [-0.15, -0.1) is 11.3 Å². The van der Waals surface area contributed by atoms with Gasteiger partial charge in [-0.1, -0.05) is 12.1 Å². The molecule has 0 spiro atoms. The van der Waals surface area contributed by atoms with E-state index in [9.17, 15) is 31.2 Å². The highest BCUT2D eigenvalue weighted by atomic mass is 32.2. The maximum atomic E-state index is 12.9. The van der Waals surface area contributed by atoms with Crippen LogP contribution in [-0.4, -0.2) is 33.2 Å². The van der Waals surface area contributed by atoms with Gasteiger partial charge in [-0.25, -0.2) is 13.2 Å². The third-order valence-corrected chi connectivity index (χ3v) is 7.16. The van der Waals surface area contributed by atoms with E-state index in [1.54, 1.807) is 0 Å². The normalized spacial score (nSPS) is 16.1. The Morgan fingerprint density at radius 3 is 2.63 bits per heavy atom. The molecule has 2 aromatic rings. The number of methoxy groups -OCH3 is 1. The summed E-state index contributed by atoms with van der Waals surface area (Å²) in [5.41, 5.74) is -0.735. The average Bonchev–Trinajstić information content (AvgIpc) is 3.03. The fourth-order valence-corrected chi connectivity index (χ4v) is 5.48. The van der Waals surface area contributed by atoms with E-state index in [1.165, 1.54) is 18.2 Å². The first-order valence-electron chi connectivity index (χ1n) is 7.44. The molecular weight excluding hydrogens is 407 g/mol. The van der Waals surface area contributed by atoms with Crippen molar-refractivity contribution in [2.24, 2.45) is 0 Å². The number of hydrogen-bond donors (Lipinski definition) is 0. The monoisotopic (exact) mass is 419 g/mol. The predicted molar refractivity (Wildman–Crippen MR) is 90.3 cm³/mol. The van der Waals surface area contributed by atoms with Crippen LogP contribution in [-0.2, 0) is 32.1 Å². The van der Waals surface area contributed by atoms with Crippen molar-refractivity contribution >= 4 is 38.7 Å². The first-order valence-corrected chi connectivity index (χ1v) is 9.91. The van der Waals surface area contributed by atoms with Crippen LogP contribution in [0, 0.1) is 0 Å². The lowest BCUT2D eigenvalue weighted by molar-refractivity contribution is -0.137. The number of halogens is 3. The number of thiophene rings is 1. The van der Waals surface area contributed by atoms with Crippen molar-refractivity contribution in [1.29, 1.82) is 0 Å². The van der Waals surface area contributed by atoms with Crippen molar-refractivity contribution in [2.45, 2.75) is 16.9 Å². The van der Waals surface area contributed by atoms with E-state index in [4.69, 9.17) is 0 Å². The molecule has 0 fully saturated rings. The molecule has 0 saturated heterocycles. The Morgan fingerprint density at radius 1 is 1.30 bits per heavy atom. The zero-order chi connectivity index (χ0) is 20.0. The lowest BCUT2D eigenvalue weighted by atomic mass is 10.1. The molecule has 0 bridgehead atoms. The SMILES string of the molecule is COC(=O)c1cc2c(s1)S(=O)(=O)CC(=O)N2Cc1cccc(C(F)(F)F)c1. The van der Waals surface area contributed by atoms with Crippen LogP contribution < -0.4 is 4.90 Å². The molecule has 11 heteroatoms. The molecule has 6 nitrogen and oxygen atoms in total. The molecule has 1 aromatic carbocycles. The molecule has 1 amide bonds. The molecule has 27 heavy (non-hydrogen) atoms. The number of carbonyl (C=O) groups is 2. The number of fused-ring (bicyclic) bond motifs is 1. The summed E-state index contributed by atoms with van der Waals surface area (Å²) in [4.78, 5) is 25.1. The number of anilines is 1. The summed E-state index contributed by atoms with van der Waals surface area (Å²) in [6, 6.07) is 5.60. The zero-order valence-corrected chi connectivity index (χ0v) is 15.4. The minimum atomic E-state index is -4.54. The Kier molecular flexibility index (Phi) is 4.76. The van der Waals surface area contributed by atoms with Gasteiger partial charge >= 0.3 is 12.1 Å². The Labute approximate surface area is 156 Å². The van der Waals surface area contributed by atoms with Crippen molar-refractivity contribution < 1.29 is 35.9 Å². The number of nitrogens with zero attached hydrogens (tertiary/aromatic N) is 1. The first-order chi connectivity index (χ1) is 12.5. The second-order valence-electron chi connectivity index (χ2n) is 5.71. The Balaban J connectivity index is 2.03. The Hall–Kier alpha value is -2.40. The van der Waals surface area contributed by atoms with Crippen molar-refractivity contribution in [1.82, 2.24) is 0 Å². The van der Waals surface area contributed by atoms with Crippen LogP contribution in [0.1, 0.15) is 20.8 Å². The van der Waals surface area contributed by atoms with E-state index in [-0.39, 0.29) is 26.9 Å². The smallest absolute Gasteiger partial charge is 0.416 e. The van der Waals surface area contributed by atoms with E-state index in [0.29, 0.717) is 11.3 Å². The molecule has 1 aliphatic rings. The molecular formula is C16H12F3NO5S2. The lowest BCUT2D eigenvalue weighted by Gasteiger charge is -2.27. The fraction of sp³-hybridized carbons (Fsp3) is 0.250. The van der Waals surface area contributed by atoms with Gasteiger partial charge in [0, 0.05) is 0 Å². The molecule has 2 heterocycles. The highest BCUT2D eigenvalue weighted by molar-refractivity contribution is 7.94. The summed E-state index contributed by atoms with van der Waals surface area (Å²) in [5, 5.41) is 0. The molecule has 0 radical (unpaired) electrons. The van der Waals surface area contributed by atoms with E-state index in [1.807, 2.05) is 0 Å². The number of ether oxygens (including phenoxy) is 1. The maximum Gasteiger partial charge on any atom is 0.416 e. The summed E-state index contributed by atoms with van der Waals surface area (Å²) >= 11 is 0.662. The Morgan fingerprint density at radius 2 is 2.00 bits per heavy atom. The van der Waals surface area contributed by atoms with Gasteiger partial charge in [-0.05, 0) is 23.8 Å². The maximum absolute atomic E-state index is 12.9. The van der Waals surface area contributed by atoms with Crippen molar-refractivity contribution in [3.63, 3.8) is 0 Å². The Bertz CT molecular complexity index is 1030. The average molecular weight is 419 g/mol. The number of rotatable bonds is 3. The highest BCUT2D eigenvalue weighted by Gasteiger charge is 2.38. The highest BCUT2D eigenvalue weighted by Crippen LogP contribution is 2.40. The van der Waals surface area contributed by atoms with Gasteiger partial charge in [0.15, 0.2) is 9.84 Å². The second-order valence-corrected chi connectivity index (χ2v) is 8.95. The zero-order valence-electron chi connectivity index (χ0n) is 13.7. The van der Waals surface area contributed by atoms with Crippen LogP contribution >= 0.6 is 11.3 Å². The van der Waals surface area contributed by atoms with Crippen LogP contribution in [0.15, 0.2) is 34.5 Å². The van der Waals surface area contributed by atoms with Crippen molar-refractivity contribution in [3.8, 4) is 0 Å². The minimum Gasteiger partial charge on any atom is -0.465 e. The van der Waals surface area contributed by atoms with Gasteiger partial charge in [0.1, 0.15) is 14.8 Å². The van der Waals surface area contributed by atoms with Crippen molar-refractivity contribution in [3.05, 3.63) is 46.3 Å². The number of benzene rings is 1. The molecule has 0 N–H and O–H groups in total. The predicted octanol–water partition coefficient (Wildman–Crippen LogP) is 2.87. The van der Waals surface area contributed by atoms with Crippen LogP contribution in [0.3, 0.4) is 0 Å². The number of carbonyl (C=O) groups excluding carboxylic acids is 2. The first kappa shape index (κ1) is 19.4. The van der Waals surface area contributed by atoms with E-state index >= 15 is 0 Å². The third kappa shape index (κ3) is 3.69. The topological polar surface area (TPSA) is 80.8 Å². The third-order valence-electron chi connectivity index (χ3n) is 3.85. The number of amides is 1. The number of esters is 1. The van der Waals surface area contributed by atoms with Crippen LogP contribution in [0.2, 0.25) is 0 Å². The largest absolute Gasteiger partial charge is 0.465 e. The van der Waals surface area contributed by atoms with Crippen LogP contribution in [0.25, 0.3) is 0 Å². The molecule has 0 atom stereocenters. The summed E-state index contributed by atoms with van der Waals surface area (Å²) in [5.74, 6) is -2.37. The van der Waals surface area contributed by atoms with Gasteiger partial charge in [0.2, 0.25) is 5.91 Å². The number of alkyl halides is 3. The number of sulfone groups is 1. The lowest BCUT2D eigenvalue weighted by Crippen LogP contribution is -2.39. The second kappa shape index (κ2) is 6.64. The summed E-state index contributed by atoms with van der Waals surface area (Å²) < 4.78 is 67.5. The number of hydrogen-bond acceptors (Lipinski definition) is 6. The van der Waals surface area contributed by atoms with Crippen molar-refractivity contribution in [2.75, 3.05) is 17.8 Å². The van der Waals surface area contributed by atoms with Crippen LogP contribution in [0.4, 0.5) is 18.9 Å². The quantitative estimate of drug-likeness (QED) is 0.715. The summed E-state index contributed by atoms with van der Waals surface area (Å²) in [7, 11) is -2.80. The van der Waals surface area contributed by atoms with E-state index in [2.05, 4.69) is 4.74 Å². The van der Waals surface area contributed by atoms with Gasteiger partial charge < -0.3 is 9.64 Å². The molecule has 0 unspecified atom stereocenters. The van der Waals surface area contributed by atoms with Gasteiger partial charge in [-0.2, -0.15) is 13.2 Å².